The first-order chi connectivity index (χ1) is 12.6. The lowest BCUT2D eigenvalue weighted by Crippen LogP contribution is -2.20. The molecule has 0 atom stereocenters. The summed E-state index contributed by atoms with van der Waals surface area (Å²) >= 11 is 12.1. The zero-order chi connectivity index (χ0) is 18.4. The summed E-state index contributed by atoms with van der Waals surface area (Å²) in [5.74, 6) is -0.215. The van der Waals surface area contributed by atoms with E-state index in [-0.39, 0.29) is 5.91 Å². The Hall–Kier alpha value is -2.63. The van der Waals surface area contributed by atoms with Gasteiger partial charge < -0.3 is 5.32 Å². The third-order valence-corrected chi connectivity index (χ3v) is 4.36. The molecule has 1 amide bonds. The molecule has 2 aromatic carbocycles. The molecule has 0 unspecified atom stereocenters. The normalized spacial score (nSPS) is 11.0. The highest BCUT2D eigenvalue weighted by Crippen LogP contribution is 2.25. The van der Waals surface area contributed by atoms with Crippen molar-refractivity contribution in [1.82, 2.24) is 20.1 Å². The van der Waals surface area contributed by atoms with Crippen LogP contribution in [0.15, 0.2) is 61.2 Å². The van der Waals surface area contributed by atoms with Crippen LogP contribution in [0.5, 0.6) is 0 Å². The molecule has 1 aromatic heterocycles. The fourth-order valence-electron chi connectivity index (χ4n) is 2.34. The number of rotatable bonds is 6. The molecule has 26 heavy (non-hydrogen) atoms. The van der Waals surface area contributed by atoms with Crippen molar-refractivity contribution >= 4 is 35.2 Å². The van der Waals surface area contributed by atoms with E-state index in [1.165, 1.54) is 12.4 Å². The van der Waals surface area contributed by atoms with Crippen molar-refractivity contribution in [2.24, 2.45) is 0 Å². The summed E-state index contributed by atoms with van der Waals surface area (Å²) in [5, 5.41) is 7.92. The molecule has 0 spiro atoms. The molecule has 3 aromatic rings. The van der Waals surface area contributed by atoms with E-state index in [9.17, 15) is 4.79 Å². The van der Waals surface area contributed by atoms with Crippen LogP contribution in [-0.4, -0.2) is 20.7 Å². The van der Waals surface area contributed by atoms with Crippen LogP contribution in [0.2, 0.25) is 10.0 Å². The van der Waals surface area contributed by atoms with Gasteiger partial charge in [0.1, 0.15) is 12.7 Å². The Kier molecular flexibility index (Phi) is 6.04. The minimum Gasteiger partial charge on any atom is -0.348 e. The standard InChI is InChI=1S/C19H16Cl2N4O/c20-17-2-1-3-18(21)16(17)8-9-19(26)23-10-14-4-6-15(7-5-14)11-25-13-22-12-24-25/h1-9,12-13H,10-11H2,(H,23,26)/b9-8+. The highest BCUT2D eigenvalue weighted by atomic mass is 35.5. The lowest BCUT2D eigenvalue weighted by atomic mass is 10.1. The maximum Gasteiger partial charge on any atom is 0.244 e. The highest BCUT2D eigenvalue weighted by molar-refractivity contribution is 6.37. The molecule has 0 bridgehead atoms. The van der Waals surface area contributed by atoms with Gasteiger partial charge in [-0.15, -0.1) is 0 Å². The van der Waals surface area contributed by atoms with E-state index < -0.39 is 0 Å². The van der Waals surface area contributed by atoms with Gasteiger partial charge in [0.05, 0.1) is 6.54 Å². The van der Waals surface area contributed by atoms with Crippen LogP contribution in [0.1, 0.15) is 16.7 Å². The first-order valence-corrected chi connectivity index (χ1v) is 8.67. The first kappa shape index (κ1) is 18.2. The van der Waals surface area contributed by atoms with Crippen LogP contribution in [0, 0.1) is 0 Å². The van der Waals surface area contributed by atoms with Crippen LogP contribution in [0.25, 0.3) is 6.08 Å². The molecule has 0 aliphatic rings. The average molecular weight is 387 g/mol. The Morgan fingerprint density at radius 1 is 1.08 bits per heavy atom. The molecular weight excluding hydrogens is 371 g/mol. The number of hydrogen-bond acceptors (Lipinski definition) is 3. The van der Waals surface area contributed by atoms with E-state index in [1.807, 2.05) is 24.3 Å². The summed E-state index contributed by atoms with van der Waals surface area (Å²) < 4.78 is 1.75. The van der Waals surface area contributed by atoms with E-state index in [4.69, 9.17) is 23.2 Å². The topological polar surface area (TPSA) is 59.8 Å². The molecule has 0 aliphatic carbocycles. The third-order valence-electron chi connectivity index (χ3n) is 3.70. The van der Waals surface area contributed by atoms with Crippen molar-refractivity contribution in [2.45, 2.75) is 13.1 Å². The molecule has 3 rings (SSSR count). The SMILES string of the molecule is O=C(/C=C/c1c(Cl)cccc1Cl)NCc1ccc(Cn2cncn2)cc1. The van der Waals surface area contributed by atoms with Crippen molar-refractivity contribution in [3.63, 3.8) is 0 Å². The highest BCUT2D eigenvalue weighted by Gasteiger charge is 2.03. The van der Waals surface area contributed by atoms with Crippen LogP contribution in [0.3, 0.4) is 0 Å². The molecule has 0 saturated heterocycles. The predicted octanol–water partition coefficient (Wildman–Crippen LogP) is 3.96. The van der Waals surface area contributed by atoms with Gasteiger partial charge in [-0.2, -0.15) is 5.10 Å². The van der Waals surface area contributed by atoms with Gasteiger partial charge in [-0.25, -0.2) is 9.67 Å². The molecule has 0 saturated carbocycles. The summed E-state index contributed by atoms with van der Waals surface area (Å²) in [6.45, 7) is 1.09. The van der Waals surface area contributed by atoms with E-state index in [2.05, 4.69) is 15.4 Å². The van der Waals surface area contributed by atoms with Crippen molar-refractivity contribution in [2.75, 3.05) is 0 Å². The van der Waals surface area contributed by atoms with Gasteiger partial charge in [-0.05, 0) is 29.3 Å². The van der Waals surface area contributed by atoms with E-state index in [0.29, 0.717) is 28.7 Å². The van der Waals surface area contributed by atoms with E-state index in [0.717, 1.165) is 11.1 Å². The fourth-order valence-corrected chi connectivity index (χ4v) is 2.86. The average Bonchev–Trinajstić information content (AvgIpc) is 3.14. The van der Waals surface area contributed by atoms with Gasteiger partial charge in [-0.1, -0.05) is 53.5 Å². The van der Waals surface area contributed by atoms with Crippen molar-refractivity contribution < 1.29 is 4.79 Å². The Bertz CT molecular complexity index is 886. The Balaban J connectivity index is 1.53. The summed E-state index contributed by atoms with van der Waals surface area (Å²) in [6, 6.07) is 13.2. The van der Waals surface area contributed by atoms with Crippen LogP contribution < -0.4 is 5.32 Å². The Labute approximate surface area is 161 Å². The number of benzene rings is 2. The molecule has 1 N–H and O–H groups in total. The second-order valence-electron chi connectivity index (χ2n) is 5.60. The molecule has 132 valence electrons. The molecule has 5 nitrogen and oxygen atoms in total. The fraction of sp³-hybridized carbons (Fsp3) is 0.105. The van der Waals surface area contributed by atoms with Crippen LogP contribution in [0.4, 0.5) is 0 Å². The number of carbonyl (C=O) groups excluding carboxylic acids is 1. The van der Waals surface area contributed by atoms with Crippen LogP contribution in [-0.2, 0) is 17.9 Å². The Morgan fingerprint density at radius 3 is 2.42 bits per heavy atom. The first-order valence-electron chi connectivity index (χ1n) is 7.92. The maximum absolute atomic E-state index is 12.0. The smallest absolute Gasteiger partial charge is 0.244 e. The second kappa shape index (κ2) is 8.65. The molecule has 1 heterocycles. The minimum atomic E-state index is -0.215. The largest absolute Gasteiger partial charge is 0.348 e. The molecule has 0 aliphatic heterocycles. The quantitative estimate of drug-likeness (QED) is 0.652. The van der Waals surface area contributed by atoms with Gasteiger partial charge in [-0.3, -0.25) is 4.79 Å². The van der Waals surface area contributed by atoms with Crippen LogP contribution >= 0.6 is 23.2 Å². The van der Waals surface area contributed by atoms with E-state index >= 15 is 0 Å². The second-order valence-corrected chi connectivity index (χ2v) is 6.41. The van der Waals surface area contributed by atoms with Crippen molar-refractivity contribution in [1.29, 1.82) is 0 Å². The molecule has 7 heteroatoms. The number of hydrogen-bond donors (Lipinski definition) is 1. The van der Waals surface area contributed by atoms with Gasteiger partial charge >= 0.3 is 0 Å². The molecule has 0 radical (unpaired) electrons. The lowest BCUT2D eigenvalue weighted by Gasteiger charge is -2.05. The van der Waals surface area contributed by atoms with Crippen molar-refractivity contribution in [3.05, 3.63) is 87.9 Å². The summed E-state index contributed by atoms with van der Waals surface area (Å²) in [7, 11) is 0. The van der Waals surface area contributed by atoms with E-state index in [1.54, 1.807) is 35.3 Å². The molecule has 0 fully saturated rings. The van der Waals surface area contributed by atoms with Gasteiger partial charge in [0.15, 0.2) is 0 Å². The maximum atomic E-state index is 12.0. The van der Waals surface area contributed by atoms with Gasteiger partial charge in [0.2, 0.25) is 5.91 Å². The number of amides is 1. The number of aromatic nitrogens is 3. The minimum absolute atomic E-state index is 0.215. The lowest BCUT2D eigenvalue weighted by molar-refractivity contribution is -0.116. The number of halogens is 2. The summed E-state index contributed by atoms with van der Waals surface area (Å²) in [5.41, 5.74) is 2.74. The zero-order valence-corrected chi connectivity index (χ0v) is 15.3. The van der Waals surface area contributed by atoms with Gasteiger partial charge in [0, 0.05) is 28.2 Å². The number of nitrogens with one attached hydrogen (secondary N) is 1. The number of carbonyl (C=O) groups is 1. The summed E-state index contributed by atoms with van der Waals surface area (Å²) in [4.78, 5) is 15.9. The monoisotopic (exact) mass is 386 g/mol. The van der Waals surface area contributed by atoms with Crippen molar-refractivity contribution in [3.8, 4) is 0 Å². The molecular formula is C19H16Cl2N4O. The summed E-state index contributed by atoms with van der Waals surface area (Å²) in [6.07, 6.45) is 6.21. The zero-order valence-electron chi connectivity index (χ0n) is 13.8. The third kappa shape index (κ3) is 4.94. The number of nitrogens with zero attached hydrogens (tertiary/aromatic N) is 3. The van der Waals surface area contributed by atoms with Gasteiger partial charge in [0.25, 0.3) is 0 Å². The predicted molar refractivity (Wildman–Crippen MR) is 103 cm³/mol. The Morgan fingerprint density at radius 2 is 1.77 bits per heavy atom.